The summed E-state index contributed by atoms with van der Waals surface area (Å²) >= 11 is 0. The molecule has 3 aliphatic carbocycles. The predicted molar refractivity (Wildman–Crippen MR) is 110 cm³/mol. The van der Waals surface area contributed by atoms with Gasteiger partial charge in [0.25, 0.3) is 5.91 Å². The van der Waals surface area contributed by atoms with Crippen LogP contribution in [-0.2, 0) is 16.0 Å². The van der Waals surface area contributed by atoms with Crippen molar-refractivity contribution < 1.29 is 44.1 Å². The van der Waals surface area contributed by atoms with Crippen molar-refractivity contribution in [1.82, 2.24) is 4.90 Å². The third kappa shape index (κ3) is 2.80. The summed E-state index contributed by atoms with van der Waals surface area (Å²) < 4.78 is 14.7. The standard InChI is InChI=1S/C21H20FN3O9/c1-24(2)14-8-4-6-3-7-9(22)5-10(25(33)34)15(26)12(7)16(27)11(6)18(29)21(8,32)19(30)13(17(14)28)20(23)31/h5-6,8,14,26,28-29,32H,3-4H2,1-2H3,(H2,23,31)/t6?,8?,14-,21-/m0/s1. The molecule has 1 aromatic carbocycles. The van der Waals surface area contributed by atoms with E-state index in [1.165, 1.54) is 19.0 Å². The number of aliphatic hydroxyl groups is 3. The third-order valence-electron chi connectivity index (χ3n) is 6.84. The molecule has 1 aromatic rings. The number of nitrogens with two attached hydrogens (primary N) is 1. The molecule has 6 N–H and O–H groups in total. The van der Waals surface area contributed by atoms with E-state index in [9.17, 15) is 49.3 Å². The van der Waals surface area contributed by atoms with E-state index in [-0.39, 0.29) is 18.4 Å². The number of halogens is 1. The van der Waals surface area contributed by atoms with Crippen LogP contribution in [0.3, 0.4) is 0 Å². The molecule has 3 aliphatic rings. The summed E-state index contributed by atoms with van der Waals surface area (Å²) in [6.45, 7) is 0. The van der Waals surface area contributed by atoms with Crippen molar-refractivity contribution in [2.45, 2.75) is 24.5 Å². The van der Waals surface area contributed by atoms with Gasteiger partial charge in [-0.15, -0.1) is 0 Å². The predicted octanol–water partition coefficient (Wildman–Crippen LogP) is 0.168. The van der Waals surface area contributed by atoms with E-state index in [0.717, 1.165) is 0 Å². The number of amides is 1. The van der Waals surface area contributed by atoms with Crippen LogP contribution in [0, 0.1) is 27.8 Å². The number of rotatable bonds is 3. The number of aliphatic hydroxyl groups excluding tert-OH is 2. The number of fused-ring (bicyclic) bond motifs is 3. The number of Topliss-reactive ketones (excluding diaryl/α,β-unsaturated/α-hetero) is 2. The summed E-state index contributed by atoms with van der Waals surface area (Å²) in [4.78, 5) is 49.8. The molecular formula is C21H20FN3O9. The first-order valence-electron chi connectivity index (χ1n) is 10.1. The number of carbonyl (C=O) groups is 3. The number of phenols is 1. The van der Waals surface area contributed by atoms with E-state index in [0.29, 0.717) is 6.07 Å². The molecule has 13 heteroatoms. The molecule has 0 saturated heterocycles. The molecule has 0 radical (unpaired) electrons. The first kappa shape index (κ1) is 23.3. The summed E-state index contributed by atoms with van der Waals surface area (Å²) in [5.41, 5.74) is -1.25. The van der Waals surface area contributed by atoms with E-state index in [1.54, 1.807) is 0 Å². The number of nitro groups is 1. The molecule has 0 fully saturated rings. The van der Waals surface area contributed by atoms with Gasteiger partial charge in [0.2, 0.25) is 11.5 Å². The van der Waals surface area contributed by atoms with E-state index < -0.39 is 91.4 Å². The highest BCUT2D eigenvalue weighted by Crippen LogP contribution is 2.53. The highest BCUT2D eigenvalue weighted by atomic mass is 19.1. The molecule has 12 nitrogen and oxygen atoms in total. The number of carbonyl (C=O) groups excluding carboxylic acids is 3. The highest BCUT2D eigenvalue weighted by molar-refractivity contribution is 6.24. The number of primary amides is 1. The fourth-order valence-corrected chi connectivity index (χ4v) is 5.40. The Kier molecular flexibility index (Phi) is 5.03. The van der Waals surface area contributed by atoms with Crippen molar-refractivity contribution in [3.8, 4) is 5.75 Å². The highest BCUT2D eigenvalue weighted by Gasteiger charge is 2.63. The minimum absolute atomic E-state index is 0.219. The van der Waals surface area contributed by atoms with Gasteiger partial charge in [-0.25, -0.2) is 4.39 Å². The van der Waals surface area contributed by atoms with Gasteiger partial charge in [-0.3, -0.25) is 29.4 Å². The number of allylic oxidation sites excluding steroid dienone is 1. The summed E-state index contributed by atoms with van der Waals surface area (Å²) in [6, 6.07) is -0.698. The Balaban J connectivity index is 1.99. The lowest BCUT2D eigenvalue weighted by molar-refractivity contribution is -0.386. The van der Waals surface area contributed by atoms with Crippen molar-refractivity contribution in [3.05, 3.63) is 55.8 Å². The summed E-state index contributed by atoms with van der Waals surface area (Å²) in [5, 5.41) is 54.6. The van der Waals surface area contributed by atoms with Gasteiger partial charge >= 0.3 is 5.69 Å². The van der Waals surface area contributed by atoms with Gasteiger partial charge in [-0.2, -0.15) is 0 Å². The Bertz CT molecular complexity index is 1270. The maximum Gasteiger partial charge on any atom is 0.314 e. The molecule has 0 saturated carbocycles. The molecule has 1 amide bonds. The zero-order valence-electron chi connectivity index (χ0n) is 17.9. The molecule has 4 atom stereocenters. The maximum absolute atomic E-state index is 14.7. The Morgan fingerprint density at radius 3 is 2.44 bits per heavy atom. The minimum atomic E-state index is -2.85. The van der Waals surface area contributed by atoms with E-state index in [2.05, 4.69) is 0 Å². The van der Waals surface area contributed by atoms with Crippen LogP contribution in [-0.4, -0.2) is 73.5 Å². The molecule has 0 bridgehead atoms. The Morgan fingerprint density at radius 2 is 1.91 bits per heavy atom. The van der Waals surface area contributed by atoms with Crippen LogP contribution in [0.15, 0.2) is 28.7 Å². The lowest BCUT2D eigenvalue weighted by atomic mass is 9.58. The smallest absolute Gasteiger partial charge is 0.314 e. The van der Waals surface area contributed by atoms with Crippen LogP contribution in [0.1, 0.15) is 22.3 Å². The molecule has 4 rings (SSSR count). The zero-order chi connectivity index (χ0) is 25.4. The number of nitrogens with zero attached hydrogens (tertiary/aromatic N) is 2. The molecule has 0 heterocycles. The molecule has 2 unspecified atom stereocenters. The van der Waals surface area contributed by atoms with E-state index >= 15 is 0 Å². The fourth-order valence-electron chi connectivity index (χ4n) is 5.40. The first-order valence-corrected chi connectivity index (χ1v) is 10.1. The van der Waals surface area contributed by atoms with Gasteiger partial charge in [-0.05, 0) is 32.9 Å². The monoisotopic (exact) mass is 477 g/mol. The summed E-state index contributed by atoms with van der Waals surface area (Å²) in [7, 11) is 2.95. The van der Waals surface area contributed by atoms with Crippen molar-refractivity contribution >= 4 is 23.2 Å². The van der Waals surface area contributed by atoms with Crippen LogP contribution in [0.5, 0.6) is 5.75 Å². The minimum Gasteiger partial charge on any atom is -0.510 e. The second-order valence-corrected chi connectivity index (χ2v) is 8.80. The van der Waals surface area contributed by atoms with E-state index in [1.807, 2.05) is 0 Å². The number of nitro benzene ring substituents is 1. The molecular weight excluding hydrogens is 457 g/mol. The van der Waals surface area contributed by atoms with Crippen molar-refractivity contribution in [2.24, 2.45) is 17.6 Å². The Morgan fingerprint density at radius 1 is 1.29 bits per heavy atom. The molecule has 34 heavy (non-hydrogen) atoms. The summed E-state index contributed by atoms with van der Waals surface area (Å²) in [5.74, 6) is -10.3. The van der Waals surface area contributed by atoms with Gasteiger partial charge in [0.15, 0.2) is 11.4 Å². The second kappa shape index (κ2) is 7.33. The summed E-state index contributed by atoms with van der Waals surface area (Å²) in [6.07, 6.45) is -0.519. The van der Waals surface area contributed by atoms with Crippen molar-refractivity contribution in [1.29, 1.82) is 0 Å². The van der Waals surface area contributed by atoms with Crippen molar-refractivity contribution in [3.63, 3.8) is 0 Å². The van der Waals surface area contributed by atoms with Crippen LogP contribution < -0.4 is 5.73 Å². The lowest BCUT2D eigenvalue weighted by Crippen LogP contribution is -2.63. The van der Waals surface area contributed by atoms with Crippen LogP contribution >= 0.6 is 0 Å². The molecule has 0 spiro atoms. The van der Waals surface area contributed by atoms with Crippen LogP contribution in [0.25, 0.3) is 0 Å². The quantitative estimate of drug-likeness (QED) is 0.227. The van der Waals surface area contributed by atoms with Gasteiger partial charge in [0, 0.05) is 17.1 Å². The number of ketones is 2. The Hall–Kier alpha value is -3.84. The fraction of sp³-hybridized carbons (Fsp3) is 0.381. The lowest BCUT2D eigenvalue weighted by Gasteiger charge is -2.50. The van der Waals surface area contributed by atoms with Gasteiger partial charge in [0.1, 0.15) is 22.9 Å². The number of likely N-dealkylation sites (N-methyl/N-ethyl adjacent to an activating group) is 1. The Labute approximate surface area is 190 Å². The number of aromatic hydroxyl groups is 1. The number of phenolic OH excluding ortho intramolecular Hbond substituents is 1. The second-order valence-electron chi connectivity index (χ2n) is 8.80. The maximum atomic E-state index is 14.7. The topological polar surface area (TPSA) is 205 Å². The zero-order valence-corrected chi connectivity index (χ0v) is 17.9. The van der Waals surface area contributed by atoms with Crippen LogP contribution in [0.2, 0.25) is 0 Å². The van der Waals surface area contributed by atoms with Crippen molar-refractivity contribution in [2.75, 3.05) is 14.1 Å². The number of hydrogen-bond acceptors (Lipinski definition) is 10. The van der Waals surface area contributed by atoms with E-state index in [4.69, 9.17) is 5.73 Å². The molecule has 0 aromatic heterocycles. The largest absolute Gasteiger partial charge is 0.510 e. The third-order valence-corrected chi connectivity index (χ3v) is 6.84. The number of benzene rings is 1. The normalized spacial score (nSPS) is 28.6. The van der Waals surface area contributed by atoms with Gasteiger partial charge in [0.05, 0.1) is 22.6 Å². The van der Waals surface area contributed by atoms with Crippen LogP contribution in [0.4, 0.5) is 10.1 Å². The first-order chi connectivity index (χ1) is 15.7. The molecule has 180 valence electrons. The van der Waals surface area contributed by atoms with Gasteiger partial charge < -0.3 is 26.2 Å². The molecule has 0 aliphatic heterocycles. The average molecular weight is 477 g/mol. The SMILES string of the molecule is CN(C)[C@@H]1C(O)=C(C(N)=O)C(=O)[C@@]2(O)C(O)=C3C(=O)c4c(O)c([N+](=O)[O-])cc(F)c4CC3CC12. The van der Waals surface area contributed by atoms with Gasteiger partial charge in [-0.1, -0.05) is 0 Å². The average Bonchev–Trinajstić information content (AvgIpc) is 2.72. The number of hydrogen-bond donors (Lipinski definition) is 5.